The molecular weight excluding hydrogens is 532 g/mol. The van der Waals surface area contributed by atoms with Gasteiger partial charge in [-0.1, -0.05) is 69.7 Å². The third kappa shape index (κ3) is 10.9. The summed E-state index contributed by atoms with van der Waals surface area (Å²) in [5, 5.41) is 8.23. The summed E-state index contributed by atoms with van der Waals surface area (Å²) < 4.78 is 0. The van der Waals surface area contributed by atoms with Crippen LogP contribution >= 0.6 is 11.6 Å². The number of carbonyl (C=O) groups is 1. The number of aliphatic imine (C=N–C) groups is 1. The summed E-state index contributed by atoms with van der Waals surface area (Å²) >= 11 is 6.55. The van der Waals surface area contributed by atoms with Gasteiger partial charge in [0.05, 0.1) is 5.71 Å². The van der Waals surface area contributed by atoms with Crippen LogP contribution in [-0.2, 0) is 0 Å². The largest absolute Gasteiger partial charge is 0.345 e. The molecule has 0 spiro atoms. The van der Waals surface area contributed by atoms with Crippen molar-refractivity contribution in [1.29, 1.82) is 0 Å². The molecule has 0 aromatic heterocycles. The van der Waals surface area contributed by atoms with E-state index in [1.54, 1.807) is 38.3 Å². The van der Waals surface area contributed by atoms with Gasteiger partial charge in [0.2, 0.25) is 0 Å². The van der Waals surface area contributed by atoms with Gasteiger partial charge in [0.25, 0.3) is 5.91 Å². The smallest absolute Gasteiger partial charge is 0.253 e. The molecule has 0 bridgehead atoms. The van der Waals surface area contributed by atoms with E-state index in [1.807, 2.05) is 65.1 Å². The Labute approximate surface area is 253 Å². The van der Waals surface area contributed by atoms with Crippen molar-refractivity contribution in [2.75, 3.05) is 47.8 Å². The van der Waals surface area contributed by atoms with E-state index in [1.165, 1.54) is 11.1 Å². The number of benzene rings is 1. The van der Waals surface area contributed by atoms with Crippen LogP contribution in [0.1, 0.15) is 57.0 Å². The Kier molecular flexibility index (Phi) is 16.5. The highest BCUT2D eigenvalue weighted by molar-refractivity contribution is 6.32. The number of carbonyl (C=O) groups excluding carboxylic acids is 1. The molecule has 3 rings (SSSR count). The minimum Gasteiger partial charge on any atom is -0.345 e. The van der Waals surface area contributed by atoms with E-state index in [9.17, 15) is 4.79 Å². The molecule has 7 nitrogen and oxygen atoms in total. The molecule has 2 aliphatic heterocycles. The van der Waals surface area contributed by atoms with Crippen molar-refractivity contribution in [3.8, 4) is 0 Å². The lowest BCUT2D eigenvalue weighted by Gasteiger charge is -2.27. The number of halogens is 1. The van der Waals surface area contributed by atoms with Crippen molar-refractivity contribution < 1.29 is 4.79 Å². The van der Waals surface area contributed by atoms with Crippen LogP contribution in [0.5, 0.6) is 0 Å². The normalized spacial score (nSPS) is 17.4. The number of allylic oxidation sites excluding steroid dienone is 5. The maximum Gasteiger partial charge on any atom is 0.253 e. The molecule has 1 aromatic carbocycles. The topological polar surface area (TPSA) is 72.3 Å². The fourth-order valence-electron chi connectivity index (χ4n) is 4.26. The summed E-state index contributed by atoms with van der Waals surface area (Å²) in [6, 6.07) is 5.57. The van der Waals surface area contributed by atoms with Crippen LogP contribution in [0.15, 0.2) is 82.0 Å². The highest BCUT2D eigenvalue weighted by Crippen LogP contribution is 2.30. The maximum absolute atomic E-state index is 12.2. The van der Waals surface area contributed by atoms with Gasteiger partial charge in [-0.05, 0) is 67.5 Å². The van der Waals surface area contributed by atoms with Crippen LogP contribution in [0.25, 0.3) is 5.57 Å². The monoisotopic (exact) mass is 580 g/mol. The van der Waals surface area contributed by atoms with E-state index in [0.717, 1.165) is 48.5 Å². The molecule has 1 unspecified atom stereocenters. The Hall–Kier alpha value is -3.26. The fraction of sp³-hybridized carbons (Fsp3) is 0.424. The van der Waals surface area contributed by atoms with Crippen molar-refractivity contribution in [3.05, 3.63) is 88.0 Å². The van der Waals surface area contributed by atoms with Gasteiger partial charge >= 0.3 is 0 Å². The van der Waals surface area contributed by atoms with Gasteiger partial charge < -0.3 is 4.90 Å². The molecule has 2 aliphatic rings. The predicted molar refractivity (Wildman–Crippen MR) is 179 cm³/mol. The zero-order valence-electron chi connectivity index (χ0n) is 26.4. The molecule has 0 saturated heterocycles. The molecular formula is C33H49ClN6O. The first-order chi connectivity index (χ1) is 19.7. The van der Waals surface area contributed by atoms with E-state index in [2.05, 4.69) is 51.4 Å². The molecule has 8 heteroatoms. The number of nitrogens with zero attached hydrogens (tertiary/aromatic N) is 4. The summed E-state index contributed by atoms with van der Waals surface area (Å²) in [7, 11) is 7.10. The lowest BCUT2D eigenvalue weighted by atomic mass is 9.97. The van der Waals surface area contributed by atoms with Crippen molar-refractivity contribution in [2.45, 2.75) is 47.2 Å². The number of hydrazone groups is 1. The molecule has 41 heavy (non-hydrogen) atoms. The van der Waals surface area contributed by atoms with Gasteiger partial charge in [-0.3, -0.25) is 25.4 Å². The number of nitrogens with one attached hydrogen (secondary N) is 2. The zero-order chi connectivity index (χ0) is 30.9. The van der Waals surface area contributed by atoms with Crippen LogP contribution < -0.4 is 10.7 Å². The Bertz CT molecular complexity index is 1210. The molecule has 1 amide bonds. The second-order valence-corrected chi connectivity index (χ2v) is 9.77. The predicted octanol–water partition coefficient (Wildman–Crippen LogP) is 6.37. The fourth-order valence-corrected chi connectivity index (χ4v) is 4.57. The minimum absolute atomic E-state index is 0.0146. The quantitative estimate of drug-likeness (QED) is 0.263. The molecule has 1 atom stereocenters. The molecule has 0 fully saturated rings. The molecule has 2 N–H and O–H groups in total. The summed E-state index contributed by atoms with van der Waals surface area (Å²) in [6.45, 7) is 17.0. The molecule has 224 valence electrons. The summed E-state index contributed by atoms with van der Waals surface area (Å²) in [5.41, 5.74) is 9.75. The van der Waals surface area contributed by atoms with E-state index in [-0.39, 0.29) is 12.1 Å². The van der Waals surface area contributed by atoms with Crippen LogP contribution in [-0.4, -0.2) is 81.6 Å². The highest BCUT2D eigenvalue weighted by Gasteiger charge is 2.18. The van der Waals surface area contributed by atoms with Gasteiger partial charge in [0.15, 0.2) is 0 Å². The van der Waals surface area contributed by atoms with Crippen LogP contribution in [0.3, 0.4) is 0 Å². The minimum atomic E-state index is -0.0499. The molecule has 2 heterocycles. The highest BCUT2D eigenvalue weighted by atomic mass is 35.5. The third-order valence-electron chi connectivity index (χ3n) is 6.25. The van der Waals surface area contributed by atoms with Crippen LogP contribution in [0, 0.1) is 0 Å². The lowest BCUT2D eigenvalue weighted by molar-refractivity contribution is 0.0827. The number of rotatable bonds is 9. The van der Waals surface area contributed by atoms with Crippen molar-refractivity contribution in [2.24, 2.45) is 10.1 Å². The Morgan fingerprint density at radius 2 is 2.00 bits per heavy atom. The van der Waals surface area contributed by atoms with E-state index >= 15 is 0 Å². The van der Waals surface area contributed by atoms with E-state index in [0.29, 0.717) is 10.6 Å². The van der Waals surface area contributed by atoms with Crippen molar-refractivity contribution in [3.63, 3.8) is 0 Å². The second-order valence-electron chi connectivity index (χ2n) is 9.36. The standard InChI is InChI=1S/C29H37ClN6O.2C2H6/c1-20(17-21(2)24(11-14-31-3)27-9-10-28(32-4)34-33-27)19-36-15-12-22(13-16-36)25-8-7-23(18-26(25)30)29(37)35(5)6;2*1-2/h7-12,14,17-18,28,32,34H,2,13,15-16,19H2,1,3-6H3;2*1-2H3/b20-17+,24-11+,31-14?;;. The first-order valence-corrected chi connectivity index (χ1v) is 14.7. The SMILES string of the molecule is C=C(/C=C(\C)CN1CC=C(c2ccc(C(=O)N(C)C)cc2Cl)CC1)/C(=C\C=NC)C1=NNC(NC)C=C1.CC.CC. The van der Waals surface area contributed by atoms with Gasteiger partial charge in [-0.2, -0.15) is 5.10 Å². The van der Waals surface area contributed by atoms with Crippen LogP contribution in [0.2, 0.25) is 5.02 Å². The second kappa shape index (κ2) is 19.0. The first-order valence-electron chi connectivity index (χ1n) is 14.3. The third-order valence-corrected chi connectivity index (χ3v) is 6.56. The van der Waals surface area contributed by atoms with Crippen molar-refractivity contribution in [1.82, 2.24) is 20.5 Å². The first kappa shape index (κ1) is 35.8. The Morgan fingerprint density at radius 1 is 1.29 bits per heavy atom. The lowest BCUT2D eigenvalue weighted by Crippen LogP contribution is -2.38. The van der Waals surface area contributed by atoms with Gasteiger partial charge in [-0.15, -0.1) is 0 Å². The maximum atomic E-state index is 12.2. The van der Waals surface area contributed by atoms with Crippen molar-refractivity contribution >= 4 is 35.0 Å². The Morgan fingerprint density at radius 3 is 2.51 bits per heavy atom. The number of hydrogen-bond acceptors (Lipinski definition) is 6. The van der Waals surface area contributed by atoms with E-state index in [4.69, 9.17) is 11.6 Å². The average Bonchev–Trinajstić information content (AvgIpc) is 2.99. The Balaban J connectivity index is 0.00000201. The summed E-state index contributed by atoms with van der Waals surface area (Å²) in [4.78, 5) is 20.3. The zero-order valence-corrected chi connectivity index (χ0v) is 27.1. The number of likely N-dealkylation sites (N-methyl/N-ethyl adjacent to an activating group) is 1. The molecule has 0 radical (unpaired) electrons. The van der Waals surface area contributed by atoms with Crippen LogP contribution in [0.4, 0.5) is 0 Å². The number of hydrogen-bond donors (Lipinski definition) is 2. The van der Waals surface area contributed by atoms with Gasteiger partial charge in [0.1, 0.15) is 6.17 Å². The molecule has 1 aromatic rings. The molecule has 0 saturated carbocycles. The summed E-state index contributed by atoms with van der Waals surface area (Å²) in [5.74, 6) is -0.0499. The summed E-state index contributed by atoms with van der Waals surface area (Å²) in [6.07, 6.45) is 13.0. The number of amides is 1. The molecule has 0 aliphatic carbocycles. The average molecular weight is 581 g/mol. The van der Waals surface area contributed by atoms with E-state index < -0.39 is 0 Å². The van der Waals surface area contributed by atoms with Gasteiger partial charge in [0, 0.05) is 63.2 Å². The van der Waals surface area contributed by atoms with Gasteiger partial charge in [-0.25, -0.2) is 0 Å².